The van der Waals surface area contributed by atoms with Gasteiger partial charge >= 0.3 is 23.8 Å². The Hall–Kier alpha value is -3.53. The number of ether oxygens (including phenoxy) is 1. The van der Waals surface area contributed by atoms with Gasteiger partial charge in [0.15, 0.2) is 5.78 Å². The van der Waals surface area contributed by atoms with E-state index in [1.54, 1.807) is 13.8 Å². The van der Waals surface area contributed by atoms with Crippen LogP contribution in [-0.4, -0.2) is 63.4 Å². The molecule has 1 unspecified atom stereocenters. The normalized spacial score (nSPS) is 35.4. The molecule has 0 heterocycles. The quantitative estimate of drug-likeness (QED) is 0.165. The van der Waals surface area contributed by atoms with Gasteiger partial charge in [0.1, 0.15) is 6.10 Å². The number of aliphatic hydroxyl groups is 1. The molecule has 0 radical (unpaired) electrons. The number of carboxylic acids is 1. The number of fused-ring (bicyclic) bond motifs is 7. The number of allylic oxidation sites excluding steroid dienone is 1. The molecule has 9 atom stereocenters. The Balaban J connectivity index is 1.30. The summed E-state index contributed by atoms with van der Waals surface area (Å²) in [7, 11) is 0. The molecule has 0 aliphatic heterocycles. The van der Waals surface area contributed by atoms with Gasteiger partial charge in [0.2, 0.25) is 0 Å². The van der Waals surface area contributed by atoms with E-state index >= 15 is 0 Å². The van der Waals surface area contributed by atoms with Gasteiger partial charge in [-0.3, -0.25) is 24.0 Å². The van der Waals surface area contributed by atoms with Crippen LogP contribution in [0.2, 0.25) is 0 Å². The van der Waals surface area contributed by atoms with Crippen molar-refractivity contribution < 1.29 is 38.9 Å². The van der Waals surface area contributed by atoms with Crippen molar-refractivity contribution >= 4 is 29.5 Å². The smallest absolute Gasteiger partial charge is 0.312 e. The maximum atomic E-state index is 14.2. The van der Waals surface area contributed by atoms with Crippen molar-refractivity contribution in [3.8, 4) is 0 Å². The molecule has 4 fully saturated rings. The first-order valence-electron chi connectivity index (χ1n) is 21.0. The molecule has 5 aliphatic carbocycles. The second kappa shape index (κ2) is 14.4. The zero-order valence-corrected chi connectivity index (χ0v) is 35.2. The molecule has 1 aromatic rings. The molecule has 10 heteroatoms. The Morgan fingerprint density at radius 2 is 1.57 bits per heavy atom. The van der Waals surface area contributed by atoms with Crippen LogP contribution in [0.15, 0.2) is 41.5 Å². The number of aliphatic hydroxyl groups excluding tert-OH is 1. The fourth-order valence-electron chi connectivity index (χ4n) is 13.5. The molecule has 4 saturated carbocycles. The fraction of sp³-hybridized carbons (Fsp3) is 0.717. The molecule has 0 aromatic heterocycles. The van der Waals surface area contributed by atoms with Crippen molar-refractivity contribution in [2.24, 2.45) is 61.9 Å². The van der Waals surface area contributed by atoms with E-state index in [1.165, 1.54) is 4.90 Å². The summed E-state index contributed by atoms with van der Waals surface area (Å²) >= 11 is 0. The largest absolute Gasteiger partial charge is 0.481 e. The number of carboxylic acid groups (broad SMARTS) is 1. The van der Waals surface area contributed by atoms with Crippen LogP contribution in [0.25, 0.3) is 0 Å². The molecule has 1 aromatic carbocycles. The minimum Gasteiger partial charge on any atom is -0.481 e. The molecule has 56 heavy (non-hydrogen) atoms. The highest BCUT2D eigenvalue weighted by atomic mass is 16.5. The first-order chi connectivity index (χ1) is 26.0. The lowest BCUT2D eigenvalue weighted by molar-refractivity contribution is -0.235. The van der Waals surface area contributed by atoms with E-state index in [9.17, 15) is 34.2 Å². The number of rotatable bonds is 10. The Morgan fingerprint density at radius 3 is 2.18 bits per heavy atom. The van der Waals surface area contributed by atoms with E-state index in [0.29, 0.717) is 18.3 Å². The minimum absolute atomic E-state index is 0.0183. The van der Waals surface area contributed by atoms with Crippen LogP contribution in [0.3, 0.4) is 0 Å². The number of hydrogen-bond donors (Lipinski definition) is 3. The molecule has 0 bridgehead atoms. The van der Waals surface area contributed by atoms with Crippen LogP contribution in [0.4, 0.5) is 0 Å². The summed E-state index contributed by atoms with van der Waals surface area (Å²) in [4.78, 5) is 65.9. The van der Waals surface area contributed by atoms with Crippen molar-refractivity contribution in [3.05, 3.63) is 47.0 Å². The van der Waals surface area contributed by atoms with Crippen molar-refractivity contribution in [3.63, 3.8) is 0 Å². The van der Waals surface area contributed by atoms with E-state index in [-0.39, 0.29) is 71.3 Å². The average molecular weight is 775 g/mol. The third kappa shape index (κ3) is 6.54. The van der Waals surface area contributed by atoms with Crippen molar-refractivity contribution in [2.45, 2.75) is 145 Å². The van der Waals surface area contributed by atoms with Gasteiger partial charge in [-0.2, -0.15) is 0 Å². The Morgan fingerprint density at radius 1 is 0.911 bits per heavy atom. The lowest BCUT2D eigenvalue weighted by Gasteiger charge is -2.72. The molecule has 5 aliphatic rings. The predicted molar refractivity (Wildman–Crippen MR) is 212 cm³/mol. The van der Waals surface area contributed by atoms with Crippen molar-refractivity contribution in [1.29, 1.82) is 0 Å². The topological polar surface area (TPSA) is 164 Å². The van der Waals surface area contributed by atoms with E-state index in [1.807, 2.05) is 30.3 Å². The highest BCUT2D eigenvalue weighted by Crippen LogP contribution is 2.77. The van der Waals surface area contributed by atoms with Crippen molar-refractivity contribution in [2.75, 3.05) is 6.54 Å². The highest BCUT2D eigenvalue weighted by Gasteiger charge is 2.71. The van der Waals surface area contributed by atoms with E-state index < -0.39 is 40.7 Å². The zero-order valence-electron chi connectivity index (χ0n) is 35.2. The molecule has 10 nitrogen and oxygen atoms in total. The Kier molecular flexibility index (Phi) is 10.8. The maximum Gasteiger partial charge on any atom is 0.312 e. The number of carbonyl (C=O) groups is 5. The lowest BCUT2D eigenvalue weighted by atomic mass is 9.33. The predicted octanol–water partition coefficient (Wildman–Crippen LogP) is 7.25. The number of aliphatic carboxylic acids is 1. The summed E-state index contributed by atoms with van der Waals surface area (Å²) in [5.74, 6) is -2.57. The molecule has 2 amide bonds. The van der Waals surface area contributed by atoms with E-state index in [0.717, 1.165) is 61.7 Å². The number of Topliss-reactive ketones (excluding diaryl/α,β-unsaturated/α-hetero) is 1. The number of nitrogens with two attached hydrogens (primary N) is 1. The summed E-state index contributed by atoms with van der Waals surface area (Å²) in [6, 6.07) is 9.35. The van der Waals surface area contributed by atoms with Gasteiger partial charge in [0.05, 0.1) is 17.9 Å². The number of amides is 2. The number of ketones is 1. The first kappa shape index (κ1) is 42.1. The fourth-order valence-corrected chi connectivity index (χ4v) is 13.5. The third-order valence-electron chi connectivity index (χ3n) is 16.6. The van der Waals surface area contributed by atoms with Crippen LogP contribution in [0, 0.1) is 56.2 Å². The Bertz CT molecular complexity index is 1800. The molecular formula is C46H66N2O8. The van der Waals surface area contributed by atoms with Gasteiger partial charge < -0.3 is 25.6 Å². The number of hydrogen-bond acceptors (Lipinski definition) is 7. The SMILES string of the molecule is CC(C)C1=C2[C@H]3CCC4[C@@]5(C)CC[C@H](OC(=O)CC(C)(C)C(=O)O)C(C)(C)[C@@H]5CC[C@@]4(C)[C@]3(C)CC[C@@]2([C@@H](O)CN(Cc2ccccc2)C(=O)C(N)=O)CC1=O. The molecular weight excluding hydrogens is 709 g/mol. The number of benzene rings is 1. The maximum absolute atomic E-state index is 14.2. The van der Waals surface area contributed by atoms with Crippen LogP contribution < -0.4 is 5.73 Å². The summed E-state index contributed by atoms with van der Waals surface area (Å²) in [5, 5.41) is 22.1. The number of nitrogens with zero attached hydrogens (tertiary/aromatic N) is 1. The second-order valence-electron chi connectivity index (χ2n) is 20.6. The van der Waals surface area contributed by atoms with Gasteiger partial charge in [-0.15, -0.1) is 0 Å². The van der Waals surface area contributed by atoms with Gasteiger partial charge in [-0.25, -0.2) is 0 Å². The summed E-state index contributed by atoms with van der Waals surface area (Å²) < 4.78 is 6.15. The number of esters is 1. The lowest BCUT2D eigenvalue weighted by Crippen LogP contribution is -2.66. The number of primary amides is 1. The van der Waals surface area contributed by atoms with Gasteiger partial charge in [-0.1, -0.05) is 84.4 Å². The summed E-state index contributed by atoms with van der Waals surface area (Å²) in [6.07, 6.45) is 5.59. The Labute approximate surface area is 333 Å². The van der Waals surface area contributed by atoms with Gasteiger partial charge in [0.25, 0.3) is 0 Å². The third-order valence-corrected chi connectivity index (χ3v) is 16.6. The monoisotopic (exact) mass is 774 g/mol. The van der Waals surface area contributed by atoms with E-state index in [2.05, 4.69) is 48.5 Å². The molecule has 308 valence electrons. The molecule has 0 spiro atoms. The first-order valence-corrected chi connectivity index (χ1v) is 21.0. The van der Waals surface area contributed by atoms with Crippen LogP contribution in [0.5, 0.6) is 0 Å². The van der Waals surface area contributed by atoms with Gasteiger partial charge in [-0.05, 0) is 116 Å². The molecule has 0 saturated heterocycles. The van der Waals surface area contributed by atoms with Crippen LogP contribution in [0.1, 0.15) is 132 Å². The molecule has 6 rings (SSSR count). The van der Waals surface area contributed by atoms with Crippen LogP contribution >= 0.6 is 0 Å². The second-order valence-corrected chi connectivity index (χ2v) is 20.6. The zero-order chi connectivity index (χ0) is 41.4. The minimum atomic E-state index is -1.20. The van der Waals surface area contributed by atoms with Crippen molar-refractivity contribution in [1.82, 2.24) is 4.90 Å². The standard InChI is InChI=1S/C46H66N2O8/c1-27(2)36-30(49)23-46(33(50)26-48(39(53)38(47)52)25-28-13-11-10-12-14-28)22-21-44(8)29(37(36)46)15-16-32-43(7)19-18-34(56-35(51)24-41(3,4)40(54)55)42(5,6)31(43)17-20-45(32,44)9/h10-14,27,29,31-34,50H,15-26H2,1-9H3,(H2,47,52)(H,54,55)/t29-,31+,32?,33+,34+,43+,44-,45-,46+/m1/s1. The van der Waals surface area contributed by atoms with Gasteiger partial charge in [0, 0.05) is 30.3 Å². The summed E-state index contributed by atoms with van der Waals surface area (Å²) in [5.41, 5.74) is 5.71. The average Bonchev–Trinajstić information content (AvgIpc) is 3.42. The molecule has 4 N–H and O–H groups in total. The number of carbonyl (C=O) groups excluding carboxylic acids is 4. The highest BCUT2D eigenvalue weighted by molar-refractivity contribution is 6.34. The summed E-state index contributed by atoms with van der Waals surface area (Å²) in [6.45, 7) is 19.1. The van der Waals surface area contributed by atoms with E-state index in [4.69, 9.17) is 10.5 Å². The van der Waals surface area contributed by atoms with Crippen LogP contribution in [-0.2, 0) is 35.3 Å².